The number of aromatic nitrogens is 3. The molecule has 0 atom stereocenters. The monoisotopic (exact) mass is 469 g/mol. The van der Waals surface area contributed by atoms with Gasteiger partial charge < -0.3 is 19.5 Å². The van der Waals surface area contributed by atoms with E-state index in [-0.39, 0.29) is 18.1 Å². The van der Waals surface area contributed by atoms with Gasteiger partial charge in [0.25, 0.3) is 0 Å². The summed E-state index contributed by atoms with van der Waals surface area (Å²) in [6.07, 6.45) is 3.40. The zero-order valence-electron chi connectivity index (χ0n) is 20.5. The van der Waals surface area contributed by atoms with Gasteiger partial charge in [0.2, 0.25) is 0 Å². The van der Waals surface area contributed by atoms with Crippen molar-refractivity contribution in [1.29, 1.82) is 0 Å². The van der Waals surface area contributed by atoms with Gasteiger partial charge in [0.05, 0.1) is 23.6 Å². The lowest BCUT2D eigenvalue weighted by Crippen LogP contribution is -2.49. The Bertz CT molecular complexity index is 1300. The molecule has 7 heteroatoms. The van der Waals surface area contributed by atoms with Crippen LogP contribution >= 0.6 is 0 Å². The lowest BCUT2D eigenvalue weighted by atomic mass is 9.87. The molecular formula is C28H31N5O2. The summed E-state index contributed by atoms with van der Waals surface area (Å²) < 4.78 is 5.50. The summed E-state index contributed by atoms with van der Waals surface area (Å²) >= 11 is 0. The highest BCUT2D eigenvalue weighted by atomic mass is 16.6. The summed E-state index contributed by atoms with van der Waals surface area (Å²) in [5.74, 6) is 0.831. The molecule has 0 bridgehead atoms. The van der Waals surface area contributed by atoms with Crippen molar-refractivity contribution in [2.45, 2.75) is 32.8 Å². The van der Waals surface area contributed by atoms with E-state index in [1.165, 1.54) is 5.56 Å². The molecule has 180 valence electrons. The number of ether oxygens (including phenoxy) is 1. The van der Waals surface area contributed by atoms with Crippen LogP contribution in [0.5, 0.6) is 0 Å². The van der Waals surface area contributed by atoms with E-state index in [1.807, 2.05) is 42.7 Å². The van der Waals surface area contributed by atoms with Crippen molar-refractivity contribution in [3.63, 3.8) is 0 Å². The lowest BCUT2D eigenvalue weighted by Gasteiger charge is -2.35. The number of benzene rings is 2. The van der Waals surface area contributed by atoms with Crippen molar-refractivity contribution in [2.24, 2.45) is 0 Å². The number of H-pyrrole nitrogens is 1. The van der Waals surface area contributed by atoms with Crippen LogP contribution in [0.1, 0.15) is 31.9 Å². The van der Waals surface area contributed by atoms with Crippen molar-refractivity contribution in [2.75, 3.05) is 31.1 Å². The van der Waals surface area contributed by atoms with Gasteiger partial charge >= 0.3 is 6.09 Å². The van der Waals surface area contributed by atoms with Gasteiger partial charge in [-0.05, 0) is 16.5 Å². The fourth-order valence-corrected chi connectivity index (χ4v) is 4.36. The largest absolute Gasteiger partial charge is 0.445 e. The van der Waals surface area contributed by atoms with E-state index in [4.69, 9.17) is 9.72 Å². The zero-order chi connectivity index (χ0) is 24.4. The number of amides is 1. The maximum Gasteiger partial charge on any atom is 0.410 e. The maximum atomic E-state index is 12.5. The highest BCUT2D eigenvalue weighted by Crippen LogP contribution is 2.30. The van der Waals surface area contributed by atoms with Crippen LogP contribution in [0.4, 0.5) is 10.5 Å². The zero-order valence-corrected chi connectivity index (χ0v) is 20.5. The summed E-state index contributed by atoms with van der Waals surface area (Å²) in [5.41, 5.74) is 6.22. The number of piperazine rings is 1. The van der Waals surface area contributed by atoms with Gasteiger partial charge in [-0.2, -0.15) is 0 Å². The number of nitrogens with zero attached hydrogens (tertiary/aromatic N) is 4. The predicted molar refractivity (Wildman–Crippen MR) is 138 cm³/mol. The van der Waals surface area contributed by atoms with E-state index >= 15 is 0 Å². The molecule has 7 nitrogen and oxygen atoms in total. The number of anilines is 1. The average molecular weight is 470 g/mol. The van der Waals surface area contributed by atoms with Crippen molar-refractivity contribution in [1.82, 2.24) is 19.9 Å². The first-order chi connectivity index (χ1) is 16.9. The first kappa shape index (κ1) is 22.9. The summed E-state index contributed by atoms with van der Waals surface area (Å²) in [5, 5.41) is 0. The number of imidazole rings is 1. The standard InChI is InChI=1S/C28H31N5O2/c1-28(2,3)22-11-9-21(10-12-22)26-30-23-17-29-18-24(25(23)31-26)32-13-15-33(16-14-32)27(34)35-19-20-7-5-4-6-8-20/h4-12,17-18H,13-16,19H2,1-3H3,(H,30,31). The Hall–Kier alpha value is -3.87. The predicted octanol–water partition coefficient (Wildman–Crippen LogP) is 5.38. The first-order valence-corrected chi connectivity index (χ1v) is 12.0. The summed E-state index contributed by atoms with van der Waals surface area (Å²) in [6.45, 7) is 9.51. The van der Waals surface area contributed by atoms with Gasteiger partial charge in [-0.25, -0.2) is 9.78 Å². The first-order valence-electron chi connectivity index (χ1n) is 12.0. The number of hydrogen-bond donors (Lipinski definition) is 1. The van der Waals surface area contributed by atoms with Gasteiger partial charge in [0.1, 0.15) is 17.9 Å². The molecule has 0 radical (unpaired) electrons. The Morgan fingerprint density at radius 2 is 1.69 bits per heavy atom. The number of fused-ring (bicyclic) bond motifs is 1. The molecule has 2 aromatic heterocycles. The number of nitrogens with one attached hydrogen (secondary N) is 1. The van der Waals surface area contributed by atoms with E-state index in [9.17, 15) is 4.79 Å². The van der Waals surface area contributed by atoms with Crippen molar-refractivity contribution < 1.29 is 9.53 Å². The van der Waals surface area contributed by atoms with Crippen molar-refractivity contribution >= 4 is 22.8 Å². The molecule has 0 spiro atoms. The summed E-state index contributed by atoms with van der Waals surface area (Å²) in [7, 11) is 0. The van der Waals surface area contributed by atoms with Crippen LogP contribution < -0.4 is 4.90 Å². The molecule has 35 heavy (non-hydrogen) atoms. The molecule has 0 saturated carbocycles. The van der Waals surface area contributed by atoms with Crippen LogP contribution in [0, 0.1) is 0 Å². The van der Waals surface area contributed by atoms with Gasteiger partial charge in [-0.1, -0.05) is 75.4 Å². The van der Waals surface area contributed by atoms with E-state index in [1.54, 1.807) is 4.90 Å². The molecule has 1 saturated heterocycles. The Morgan fingerprint density at radius 1 is 0.971 bits per heavy atom. The highest BCUT2D eigenvalue weighted by molar-refractivity contribution is 5.90. The Labute approximate surface area is 205 Å². The van der Waals surface area contributed by atoms with E-state index in [2.05, 4.69) is 59.9 Å². The van der Waals surface area contributed by atoms with Crippen LogP contribution in [-0.2, 0) is 16.8 Å². The molecule has 2 aromatic carbocycles. The third kappa shape index (κ3) is 4.99. The molecule has 1 N–H and O–H groups in total. The molecule has 5 rings (SSSR count). The third-order valence-electron chi connectivity index (χ3n) is 6.48. The minimum Gasteiger partial charge on any atom is -0.445 e. The number of carbonyl (C=O) groups is 1. The second-order valence-electron chi connectivity index (χ2n) is 9.98. The molecule has 1 fully saturated rings. The third-order valence-corrected chi connectivity index (χ3v) is 6.48. The molecule has 4 aromatic rings. The number of aromatic amines is 1. The van der Waals surface area contributed by atoms with E-state index < -0.39 is 0 Å². The van der Waals surface area contributed by atoms with Gasteiger partial charge in [0, 0.05) is 31.7 Å². The number of hydrogen-bond acceptors (Lipinski definition) is 5. The van der Waals surface area contributed by atoms with Gasteiger partial charge in [0.15, 0.2) is 0 Å². The quantitative estimate of drug-likeness (QED) is 0.434. The van der Waals surface area contributed by atoms with Crippen LogP contribution in [0.2, 0.25) is 0 Å². The molecular weight excluding hydrogens is 438 g/mol. The smallest absolute Gasteiger partial charge is 0.410 e. The lowest BCUT2D eigenvalue weighted by molar-refractivity contribution is 0.0942. The van der Waals surface area contributed by atoms with Crippen LogP contribution in [0.25, 0.3) is 22.4 Å². The molecule has 1 aliphatic heterocycles. The van der Waals surface area contributed by atoms with E-state index in [0.717, 1.165) is 33.7 Å². The van der Waals surface area contributed by atoms with Gasteiger partial charge in [-0.15, -0.1) is 0 Å². The molecule has 1 amide bonds. The minimum atomic E-state index is -0.273. The highest BCUT2D eigenvalue weighted by Gasteiger charge is 2.24. The molecule has 0 aliphatic carbocycles. The minimum absolute atomic E-state index is 0.111. The molecule has 3 heterocycles. The Balaban J connectivity index is 1.27. The van der Waals surface area contributed by atoms with Gasteiger partial charge in [-0.3, -0.25) is 4.98 Å². The normalized spacial score (nSPS) is 14.4. The molecule has 0 unspecified atom stereocenters. The fraction of sp³-hybridized carbons (Fsp3) is 0.321. The topological polar surface area (TPSA) is 74.3 Å². The summed E-state index contributed by atoms with van der Waals surface area (Å²) in [4.78, 5) is 29.3. The van der Waals surface area contributed by atoms with Crippen molar-refractivity contribution in [3.8, 4) is 11.4 Å². The molecule has 1 aliphatic rings. The van der Waals surface area contributed by atoms with Crippen LogP contribution in [0.15, 0.2) is 67.0 Å². The van der Waals surface area contributed by atoms with Crippen molar-refractivity contribution in [3.05, 3.63) is 78.1 Å². The Morgan fingerprint density at radius 3 is 2.37 bits per heavy atom. The SMILES string of the molecule is CC(C)(C)c1ccc(-c2nc3c(N4CCN(C(=O)OCc5ccccc5)CC4)cncc3[nH]2)cc1. The summed E-state index contributed by atoms with van der Waals surface area (Å²) in [6, 6.07) is 18.3. The second-order valence-corrected chi connectivity index (χ2v) is 9.98. The van der Waals surface area contributed by atoms with Crippen LogP contribution in [-0.4, -0.2) is 52.1 Å². The number of carbonyl (C=O) groups excluding carboxylic acids is 1. The number of rotatable bonds is 4. The van der Waals surface area contributed by atoms with E-state index in [0.29, 0.717) is 26.2 Å². The average Bonchev–Trinajstić information content (AvgIpc) is 3.32. The Kier molecular flexibility index (Phi) is 6.16. The fourth-order valence-electron chi connectivity index (χ4n) is 4.36. The maximum absolute atomic E-state index is 12.5. The second kappa shape index (κ2) is 9.41. The van der Waals surface area contributed by atoms with Crippen LogP contribution in [0.3, 0.4) is 0 Å². The number of pyridine rings is 1.